The van der Waals surface area contributed by atoms with Gasteiger partial charge >= 0.3 is 5.97 Å². The number of phenols is 1. The molecule has 4 aliphatic rings. The zero-order chi connectivity index (χ0) is 52.8. The average Bonchev–Trinajstić information content (AvgIpc) is 3.73. The van der Waals surface area contributed by atoms with E-state index in [4.69, 9.17) is 37.4 Å². The standard InChI is InChI=1S/C63H60Cl2N3O7P/c1-42-41-62(2,3)68(30-17-27-59(70)67-33-31-66(32-34-67)58(69)26-15-16-35-76(45-18-7-4-8-19-45,46-20-9-5-10-21-46)47-22-11-6-12-23-47)55-40-57-52(39-49(42)55)63(50-25-14-13-24-48(50)61(72)75-63)51-29-28-43(38-56(51)74-57)73-44-36-53(64)60(71)54(65)37-44/h4-14,18-25,28-29,36-40,42H,15-17,26-27,30-35,41H2,1-3H3/p+1. The number of hydrogen-bond acceptors (Lipinski definition) is 8. The van der Waals surface area contributed by atoms with Crippen molar-refractivity contribution in [2.45, 2.75) is 76.4 Å². The van der Waals surface area contributed by atoms with Crippen LogP contribution in [0.3, 0.4) is 0 Å². The molecule has 0 aliphatic carbocycles. The highest BCUT2D eigenvalue weighted by Crippen LogP contribution is 2.60. The molecular weight excluding hydrogens is 1010 g/mol. The predicted molar refractivity (Wildman–Crippen MR) is 304 cm³/mol. The summed E-state index contributed by atoms with van der Waals surface area (Å²) in [5.41, 5.74) is 3.17. The number of nitrogens with zero attached hydrogens (tertiary/aromatic N) is 3. The van der Waals surface area contributed by atoms with Gasteiger partial charge in [-0.3, -0.25) is 9.59 Å². The first-order chi connectivity index (χ1) is 36.8. The third-order valence-corrected chi connectivity index (χ3v) is 21.0. The van der Waals surface area contributed by atoms with Crippen molar-refractivity contribution in [1.82, 2.24) is 9.80 Å². The largest absolute Gasteiger partial charge is 0.505 e. The van der Waals surface area contributed by atoms with Gasteiger partial charge in [-0.1, -0.05) is 103 Å². The lowest BCUT2D eigenvalue weighted by atomic mass is 9.74. The molecule has 0 radical (unpaired) electrons. The van der Waals surface area contributed by atoms with Gasteiger partial charge < -0.3 is 34.0 Å². The SMILES string of the molecule is CC1CC(C)(C)N(CCCC(=O)N2CCN(C(=O)CCCC[P+](c3ccccc3)(c3ccccc3)c3ccccc3)CC2)c2cc3c(cc21)C1(OC(=O)c2ccccc21)c1ccc(Oc2cc(Cl)c(O)c(Cl)c2)cc1O3. The molecule has 4 heterocycles. The van der Waals surface area contributed by atoms with Gasteiger partial charge in [0.2, 0.25) is 11.8 Å². The third-order valence-electron chi connectivity index (χ3n) is 15.9. The van der Waals surface area contributed by atoms with Crippen LogP contribution < -0.4 is 30.3 Å². The van der Waals surface area contributed by atoms with Crippen LogP contribution >= 0.6 is 30.5 Å². The number of rotatable bonds is 14. The summed E-state index contributed by atoms with van der Waals surface area (Å²) in [5, 5.41) is 14.3. The van der Waals surface area contributed by atoms with Crippen molar-refractivity contribution in [3.8, 4) is 28.7 Å². The van der Waals surface area contributed by atoms with E-state index in [9.17, 15) is 19.5 Å². The van der Waals surface area contributed by atoms with E-state index in [2.05, 4.69) is 129 Å². The number of fused-ring (bicyclic) bond motifs is 7. The van der Waals surface area contributed by atoms with Crippen LogP contribution in [0.25, 0.3) is 0 Å². The lowest BCUT2D eigenvalue weighted by Crippen LogP contribution is -2.51. The van der Waals surface area contributed by atoms with Crippen LogP contribution in [0.15, 0.2) is 158 Å². The summed E-state index contributed by atoms with van der Waals surface area (Å²) in [5.74, 6) is 1.49. The summed E-state index contributed by atoms with van der Waals surface area (Å²) in [4.78, 5) is 47.7. The maximum atomic E-state index is 13.9. The summed E-state index contributed by atoms with van der Waals surface area (Å²) in [6.07, 6.45) is 5.07. The Bertz CT molecular complexity index is 3210. The monoisotopic (exact) mass is 1070 g/mol. The molecule has 2 unspecified atom stereocenters. The van der Waals surface area contributed by atoms with Crippen molar-refractivity contribution in [3.05, 3.63) is 196 Å². The Hall–Kier alpha value is -6.84. The highest BCUT2D eigenvalue weighted by atomic mass is 35.5. The van der Waals surface area contributed by atoms with Crippen LogP contribution in [0.2, 0.25) is 10.0 Å². The number of halogens is 2. The van der Waals surface area contributed by atoms with E-state index in [0.29, 0.717) is 86.1 Å². The lowest BCUT2D eigenvalue weighted by molar-refractivity contribution is -0.139. The lowest BCUT2D eigenvalue weighted by Gasteiger charge is -2.49. The minimum Gasteiger partial charge on any atom is -0.505 e. The highest BCUT2D eigenvalue weighted by molar-refractivity contribution is 7.95. The number of piperazine rings is 1. The quantitative estimate of drug-likeness (QED) is 0.0652. The molecule has 388 valence electrons. The van der Waals surface area contributed by atoms with Crippen molar-refractivity contribution >= 4 is 69.8 Å². The first-order valence-corrected chi connectivity index (χ1v) is 29.1. The van der Waals surface area contributed by atoms with E-state index in [1.165, 1.54) is 28.0 Å². The molecule has 0 bridgehead atoms. The number of amides is 2. The number of phenolic OH excluding ortho intramolecular Hbond substituents is 1. The van der Waals surface area contributed by atoms with E-state index in [1.54, 1.807) is 18.2 Å². The predicted octanol–water partition coefficient (Wildman–Crippen LogP) is 12.8. The normalized spacial score (nSPS) is 18.2. The Kier molecular flexibility index (Phi) is 14.1. The second-order valence-corrected chi connectivity index (χ2v) is 25.5. The average molecular weight is 1070 g/mol. The van der Waals surface area contributed by atoms with Crippen LogP contribution in [0.5, 0.6) is 28.7 Å². The van der Waals surface area contributed by atoms with Gasteiger partial charge in [-0.15, -0.1) is 0 Å². The summed E-state index contributed by atoms with van der Waals surface area (Å²) in [7, 11) is -1.96. The van der Waals surface area contributed by atoms with Gasteiger partial charge in [0.1, 0.15) is 46.2 Å². The number of ether oxygens (including phenoxy) is 3. The van der Waals surface area contributed by atoms with Crippen molar-refractivity contribution in [2.24, 2.45) is 0 Å². The zero-order valence-electron chi connectivity index (χ0n) is 43.0. The van der Waals surface area contributed by atoms with E-state index in [1.807, 2.05) is 34.1 Å². The van der Waals surface area contributed by atoms with Crippen molar-refractivity contribution < 1.29 is 33.7 Å². The topological polar surface area (TPSA) is 109 Å². The molecule has 4 aliphatic heterocycles. The first kappa shape index (κ1) is 51.3. The number of anilines is 1. The molecule has 0 aromatic heterocycles. The fraction of sp³-hybridized carbons (Fsp3) is 0.286. The van der Waals surface area contributed by atoms with Crippen LogP contribution in [0, 0.1) is 0 Å². The Morgan fingerprint density at radius 3 is 1.82 bits per heavy atom. The second-order valence-electron chi connectivity index (χ2n) is 21.1. The van der Waals surface area contributed by atoms with Gasteiger partial charge in [-0.25, -0.2) is 4.79 Å². The van der Waals surface area contributed by atoms with Crippen LogP contribution in [0.1, 0.15) is 97.8 Å². The smallest absolute Gasteiger partial charge is 0.340 e. The number of benzene rings is 7. The summed E-state index contributed by atoms with van der Waals surface area (Å²) in [6, 6.07) is 52.7. The minimum absolute atomic E-state index is 0.0503. The van der Waals surface area contributed by atoms with Gasteiger partial charge in [0.15, 0.2) is 11.4 Å². The fourth-order valence-electron chi connectivity index (χ4n) is 12.3. The van der Waals surface area contributed by atoms with Crippen molar-refractivity contribution in [2.75, 3.05) is 43.8 Å². The molecule has 0 saturated carbocycles. The van der Waals surface area contributed by atoms with E-state index < -0.39 is 18.8 Å². The highest BCUT2D eigenvalue weighted by Gasteiger charge is 2.54. The van der Waals surface area contributed by atoms with Gasteiger partial charge in [0, 0.05) is 97.7 Å². The number of carbonyl (C=O) groups is 3. The Morgan fingerprint density at radius 2 is 1.21 bits per heavy atom. The molecule has 1 N–H and O–H groups in total. The first-order valence-electron chi connectivity index (χ1n) is 26.3. The van der Waals surface area contributed by atoms with Gasteiger partial charge in [-0.05, 0) is 112 Å². The number of unbranched alkanes of at least 4 members (excludes halogenated alkanes) is 1. The Labute approximate surface area is 455 Å². The minimum atomic E-state index is -1.96. The molecule has 7 aromatic carbocycles. The molecular formula is C63H61Cl2N3O7P+. The zero-order valence-corrected chi connectivity index (χ0v) is 45.4. The van der Waals surface area contributed by atoms with E-state index in [-0.39, 0.29) is 39.1 Å². The number of aromatic hydroxyl groups is 1. The molecule has 7 aromatic rings. The van der Waals surface area contributed by atoms with Crippen molar-refractivity contribution in [3.63, 3.8) is 0 Å². The third kappa shape index (κ3) is 9.37. The number of esters is 1. The molecule has 76 heavy (non-hydrogen) atoms. The second kappa shape index (κ2) is 20.9. The molecule has 1 saturated heterocycles. The maximum absolute atomic E-state index is 13.9. The van der Waals surface area contributed by atoms with Crippen molar-refractivity contribution in [1.29, 1.82) is 0 Å². The van der Waals surface area contributed by atoms with Crippen LogP contribution in [-0.2, 0) is 19.9 Å². The molecule has 2 amide bonds. The maximum Gasteiger partial charge on any atom is 0.340 e. The summed E-state index contributed by atoms with van der Waals surface area (Å²) in [6.45, 7) is 9.47. The van der Waals surface area contributed by atoms with E-state index >= 15 is 0 Å². The molecule has 1 fully saturated rings. The Balaban J connectivity index is 0.758. The van der Waals surface area contributed by atoms with Gasteiger partial charge in [-0.2, -0.15) is 0 Å². The summed E-state index contributed by atoms with van der Waals surface area (Å²) < 4.78 is 19.6. The number of hydrogen-bond donors (Lipinski definition) is 1. The Morgan fingerprint density at radius 1 is 0.658 bits per heavy atom. The molecule has 13 heteroatoms. The molecule has 10 nitrogen and oxygen atoms in total. The van der Waals surface area contributed by atoms with Crippen LogP contribution in [0.4, 0.5) is 5.69 Å². The van der Waals surface area contributed by atoms with Gasteiger partial charge in [0.25, 0.3) is 0 Å². The number of carbonyl (C=O) groups excluding carboxylic acids is 3. The molecule has 2 atom stereocenters. The van der Waals surface area contributed by atoms with Gasteiger partial charge in [0.05, 0.1) is 21.8 Å². The fourth-order valence-corrected chi connectivity index (χ4v) is 17.1. The molecule has 1 spiro atoms. The summed E-state index contributed by atoms with van der Waals surface area (Å²) >= 11 is 12.5. The van der Waals surface area contributed by atoms with Crippen LogP contribution in [-0.4, -0.2) is 77.1 Å². The van der Waals surface area contributed by atoms with E-state index in [0.717, 1.165) is 47.8 Å². The molecule has 11 rings (SSSR count).